The van der Waals surface area contributed by atoms with E-state index in [0.29, 0.717) is 6.61 Å². The number of carbonyl (C=O) groups excluding carboxylic acids is 1. The van der Waals surface area contributed by atoms with E-state index in [4.69, 9.17) is 4.74 Å². The van der Waals surface area contributed by atoms with Crippen molar-refractivity contribution in [2.24, 2.45) is 5.10 Å². The van der Waals surface area contributed by atoms with Gasteiger partial charge in [0, 0.05) is 22.6 Å². The van der Waals surface area contributed by atoms with Gasteiger partial charge in [-0.05, 0) is 63.2 Å². The summed E-state index contributed by atoms with van der Waals surface area (Å²) in [6, 6.07) is 16.2. The monoisotopic (exact) mass is 377 g/mol. The summed E-state index contributed by atoms with van der Waals surface area (Å²) in [5.41, 5.74) is 6.60. The zero-order valence-corrected chi connectivity index (χ0v) is 16.1. The van der Waals surface area contributed by atoms with Gasteiger partial charge in [0.15, 0.2) is 0 Å². The first-order valence-electron chi connectivity index (χ1n) is 9.05. The van der Waals surface area contributed by atoms with Gasteiger partial charge in [0.05, 0.1) is 18.4 Å². The van der Waals surface area contributed by atoms with Crippen LogP contribution in [0.1, 0.15) is 34.2 Å². The van der Waals surface area contributed by atoms with E-state index in [1.54, 1.807) is 18.3 Å². The highest BCUT2D eigenvalue weighted by Gasteiger charge is 2.11. The Morgan fingerprint density at radius 2 is 1.89 bits per heavy atom. The molecule has 6 nitrogen and oxygen atoms in total. The zero-order chi connectivity index (χ0) is 20.1. The van der Waals surface area contributed by atoms with Crippen molar-refractivity contribution in [3.05, 3.63) is 77.1 Å². The smallest absolute Gasteiger partial charge is 0.275 e. The van der Waals surface area contributed by atoms with Crippen LogP contribution in [0.15, 0.2) is 59.7 Å². The van der Waals surface area contributed by atoms with Gasteiger partial charge < -0.3 is 14.4 Å². The molecule has 0 fully saturated rings. The maximum atomic E-state index is 12.1. The normalized spacial score (nSPS) is 11.0. The average Bonchev–Trinajstić information content (AvgIpc) is 2.96. The fraction of sp³-hybridized carbons (Fsp3) is 0.182. The molecule has 2 N–H and O–H groups in total. The Hall–Kier alpha value is -3.54. The van der Waals surface area contributed by atoms with Gasteiger partial charge in [-0.1, -0.05) is 12.1 Å². The summed E-state index contributed by atoms with van der Waals surface area (Å²) < 4.78 is 7.61. The number of amides is 1. The number of para-hydroxylation sites is 1. The molecule has 144 valence electrons. The summed E-state index contributed by atoms with van der Waals surface area (Å²) in [5.74, 6) is 0.293. The Bertz CT molecular complexity index is 1000. The van der Waals surface area contributed by atoms with Gasteiger partial charge in [0.1, 0.15) is 11.5 Å². The third-order valence-electron chi connectivity index (χ3n) is 4.39. The Labute approximate surface area is 164 Å². The standard InChI is InChI=1S/C22H23N3O3/c1-4-28-19-11-9-18(10-12-19)25-15(2)13-17(16(25)3)14-23-24-22(27)20-7-5-6-8-21(20)26/h5-14,26H,4H2,1-3H3,(H,24,27)/b23-14-. The van der Waals surface area contributed by atoms with Gasteiger partial charge in [-0.25, -0.2) is 5.43 Å². The van der Waals surface area contributed by atoms with Crippen molar-refractivity contribution in [2.45, 2.75) is 20.8 Å². The van der Waals surface area contributed by atoms with E-state index in [0.717, 1.165) is 28.4 Å². The number of nitrogens with zero attached hydrogens (tertiary/aromatic N) is 2. The van der Waals surface area contributed by atoms with Crippen molar-refractivity contribution in [1.82, 2.24) is 9.99 Å². The molecule has 6 heteroatoms. The number of phenolic OH excluding ortho intramolecular Hbond substituents is 1. The highest BCUT2D eigenvalue weighted by atomic mass is 16.5. The molecule has 0 spiro atoms. The Morgan fingerprint density at radius 1 is 1.18 bits per heavy atom. The van der Waals surface area contributed by atoms with Crippen LogP contribution in [0.5, 0.6) is 11.5 Å². The van der Waals surface area contributed by atoms with Crippen molar-refractivity contribution >= 4 is 12.1 Å². The number of aromatic nitrogens is 1. The number of hydrazone groups is 1. The summed E-state index contributed by atoms with van der Waals surface area (Å²) in [5, 5.41) is 13.8. The van der Waals surface area contributed by atoms with Crippen LogP contribution in [-0.2, 0) is 0 Å². The molecule has 0 saturated carbocycles. The van der Waals surface area contributed by atoms with E-state index in [2.05, 4.69) is 15.1 Å². The summed E-state index contributed by atoms with van der Waals surface area (Å²) in [6.07, 6.45) is 1.60. The Balaban J connectivity index is 1.77. The second-order valence-electron chi connectivity index (χ2n) is 6.31. The maximum Gasteiger partial charge on any atom is 0.275 e. The minimum Gasteiger partial charge on any atom is -0.507 e. The SMILES string of the molecule is CCOc1ccc(-n2c(C)cc(/C=N\NC(=O)c3ccccc3O)c2C)cc1. The number of rotatable bonds is 6. The molecule has 0 aliphatic carbocycles. The molecule has 1 amide bonds. The number of phenols is 1. The minimum atomic E-state index is -0.463. The summed E-state index contributed by atoms with van der Waals surface area (Å²) >= 11 is 0. The molecular weight excluding hydrogens is 354 g/mol. The highest BCUT2D eigenvalue weighted by molar-refractivity contribution is 5.97. The number of aromatic hydroxyl groups is 1. The highest BCUT2D eigenvalue weighted by Crippen LogP contribution is 2.22. The molecule has 0 bridgehead atoms. The quantitative estimate of drug-likeness (QED) is 0.504. The largest absolute Gasteiger partial charge is 0.507 e. The molecule has 3 rings (SSSR count). The number of hydrogen-bond acceptors (Lipinski definition) is 4. The molecular formula is C22H23N3O3. The van der Waals surface area contributed by atoms with Crippen LogP contribution in [0.2, 0.25) is 0 Å². The number of carbonyl (C=O) groups is 1. The lowest BCUT2D eigenvalue weighted by Crippen LogP contribution is -2.17. The molecule has 0 unspecified atom stereocenters. The molecule has 28 heavy (non-hydrogen) atoms. The molecule has 1 aromatic heterocycles. The second kappa shape index (κ2) is 8.43. The van der Waals surface area contributed by atoms with Gasteiger partial charge >= 0.3 is 0 Å². The van der Waals surface area contributed by atoms with Gasteiger partial charge in [-0.3, -0.25) is 4.79 Å². The number of ether oxygens (including phenoxy) is 1. The summed E-state index contributed by atoms with van der Waals surface area (Å²) in [4.78, 5) is 12.1. The summed E-state index contributed by atoms with van der Waals surface area (Å²) in [7, 11) is 0. The van der Waals surface area contributed by atoms with Crippen LogP contribution in [0.4, 0.5) is 0 Å². The van der Waals surface area contributed by atoms with Crippen LogP contribution in [0, 0.1) is 13.8 Å². The first kappa shape index (κ1) is 19.2. The van der Waals surface area contributed by atoms with Crippen LogP contribution >= 0.6 is 0 Å². The molecule has 0 aliphatic rings. The van der Waals surface area contributed by atoms with Crippen molar-refractivity contribution in [2.75, 3.05) is 6.61 Å². The molecule has 0 saturated heterocycles. The fourth-order valence-corrected chi connectivity index (χ4v) is 3.06. The lowest BCUT2D eigenvalue weighted by atomic mass is 10.2. The third-order valence-corrected chi connectivity index (χ3v) is 4.39. The van der Waals surface area contributed by atoms with E-state index in [-0.39, 0.29) is 11.3 Å². The number of benzene rings is 2. The average molecular weight is 377 g/mol. The Kier molecular flexibility index (Phi) is 5.79. The van der Waals surface area contributed by atoms with Crippen LogP contribution in [-0.4, -0.2) is 28.4 Å². The van der Waals surface area contributed by atoms with Crippen LogP contribution in [0.3, 0.4) is 0 Å². The molecule has 0 atom stereocenters. The van der Waals surface area contributed by atoms with E-state index in [1.807, 2.05) is 51.1 Å². The zero-order valence-electron chi connectivity index (χ0n) is 16.1. The van der Waals surface area contributed by atoms with Crippen molar-refractivity contribution in [3.63, 3.8) is 0 Å². The first-order valence-corrected chi connectivity index (χ1v) is 9.05. The van der Waals surface area contributed by atoms with Gasteiger partial charge in [-0.15, -0.1) is 0 Å². The van der Waals surface area contributed by atoms with Crippen molar-refractivity contribution in [3.8, 4) is 17.2 Å². The number of hydrogen-bond donors (Lipinski definition) is 2. The predicted octanol–water partition coefficient (Wildman–Crippen LogP) is 3.96. The van der Waals surface area contributed by atoms with Crippen molar-refractivity contribution < 1.29 is 14.6 Å². The second-order valence-corrected chi connectivity index (χ2v) is 6.31. The van der Waals surface area contributed by atoms with Gasteiger partial charge in [0.25, 0.3) is 5.91 Å². The van der Waals surface area contributed by atoms with E-state index >= 15 is 0 Å². The van der Waals surface area contributed by atoms with E-state index in [1.165, 1.54) is 12.1 Å². The minimum absolute atomic E-state index is 0.0797. The van der Waals surface area contributed by atoms with E-state index in [9.17, 15) is 9.90 Å². The molecule has 1 heterocycles. The van der Waals surface area contributed by atoms with Crippen molar-refractivity contribution in [1.29, 1.82) is 0 Å². The maximum absolute atomic E-state index is 12.1. The lowest BCUT2D eigenvalue weighted by Gasteiger charge is -2.11. The molecule has 3 aromatic rings. The predicted molar refractivity (Wildman–Crippen MR) is 110 cm³/mol. The van der Waals surface area contributed by atoms with Gasteiger partial charge in [0.2, 0.25) is 0 Å². The van der Waals surface area contributed by atoms with Crippen LogP contribution in [0.25, 0.3) is 5.69 Å². The van der Waals surface area contributed by atoms with Crippen LogP contribution < -0.4 is 10.2 Å². The number of aryl methyl sites for hydroxylation is 1. The topological polar surface area (TPSA) is 75.8 Å². The third kappa shape index (κ3) is 4.06. The molecule has 0 radical (unpaired) electrons. The molecule has 0 aliphatic heterocycles. The van der Waals surface area contributed by atoms with Gasteiger partial charge in [-0.2, -0.15) is 5.10 Å². The fourth-order valence-electron chi connectivity index (χ4n) is 3.06. The van der Waals surface area contributed by atoms with E-state index < -0.39 is 5.91 Å². The lowest BCUT2D eigenvalue weighted by molar-refractivity contribution is 0.0952. The molecule has 2 aromatic carbocycles. The summed E-state index contributed by atoms with van der Waals surface area (Å²) in [6.45, 7) is 6.60. The Morgan fingerprint density at radius 3 is 2.57 bits per heavy atom. The number of nitrogens with one attached hydrogen (secondary N) is 1. The first-order chi connectivity index (χ1) is 13.5.